The molecular weight excluding hydrogens is 456 g/mol. The van der Waals surface area contributed by atoms with Gasteiger partial charge in [-0.1, -0.05) is 61.5 Å². The fourth-order valence-electron chi connectivity index (χ4n) is 3.23. The summed E-state index contributed by atoms with van der Waals surface area (Å²) in [4.78, 5) is 12.5. The molecule has 3 aromatic rings. The predicted octanol–water partition coefficient (Wildman–Crippen LogP) is 6.42. The molecule has 0 saturated heterocycles. The Morgan fingerprint density at radius 2 is 1.94 bits per heavy atom. The fraction of sp³-hybridized carbons (Fsp3) is 0.320. The Morgan fingerprint density at radius 1 is 1.21 bits per heavy atom. The van der Waals surface area contributed by atoms with Gasteiger partial charge in [-0.15, -0.1) is 16.8 Å². The van der Waals surface area contributed by atoms with Gasteiger partial charge in [0.2, 0.25) is 5.91 Å². The van der Waals surface area contributed by atoms with E-state index in [-0.39, 0.29) is 17.8 Å². The van der Waals surface area contributed by atoms with Gasteiger partial charge in [0.1, 0.15) is 5.75 Å². The van der Waals surface area contributed by atoms with Gasteiger partial charge in [-0.25, -0.2) is 0 Å². The molecule has 1 atom stereocenters. The summed E-state index contributed by atoms with van der Waals surface area (Å²) in [5, 5.41) is 12.7. The van der Waals surface area contributed by atoms with Gasteiger partial charge in [-0.05, 0) is 55.2 Å². The third kappa shape index (κ3) is 6.62. The maximum Gasteiger partial charge on any atom is 0.234 e. The quantitative estimate of drug-likeness (QED) is 0.265. The van der Waals surface area contributed by atoms with Crippen LogP contribution in [-0.2, 0) is 11.3 Å². The molecule has 0 spiro atoms. The molecule has 0 aliphatic carbocycles. The van der Waals surface area contributed by atoms with Gasteiger partial charge in [0.05, 0.1) is 10.8 Å². The van der Waals surface area contributed by atoms with Gasteiger partial charge in [0.15, 0.2) is 17.1 Å². The van der Waals surface area contributed by atoms with Crippen LogP contribution in [0.3, 0.4) is 0 Å². The molecule has 1 N–H and O–H groups in total. The highest BCUT2D eigenvalue weighted by molar-refractivity contribution is 7.99. The molecule has 3 rings (SSSR count). The van der Waals surface area contributed by atoms with Gasteiger partial charge in [-0.2, -0.15) is 0 Å². The number of halogens is 1. The van der Waals surface area contributed by atoms with Crippen LogP contribution in [0.1, 0.15) is 49.7 Å². The third-order valence-corrected chi connectivity index (χ3v) is 6.28. The van der Waals surface area contributed by atoms with Gasteiger partial charge < -0.3 is 10.1 Å². The first-order valence-corrected chi connectivity index (χ1v) is 12.1. The van der Waals surface area contributed by atoms with E-state index in [1.807, 2.05) is 60.9 Å². The van der Waals surface area contributed by atoms with Crippen LogP contribution >= 0.6 is 23.4 Å². The van der Waals surface area contributed by atoms with E-state index in [1.54, 1.807) is 6.08 Å². The van der Waals surface area contributed by atoms with Crippen molar-refractivity contribution >= 4 is 35.0 Å². The van der Waals surface area contributed by atoms with E-state index < -0.39 is 0 Å². The summed E-state index contributed by atoms with van der Waals surface area (Å²) in [7, 11) is 0. The molecule has 0 aliphatic rings. The van der Waals surface area contributed by atoms with Crippen LogP contribution in [0.4, 0.5) is 5.69 Å². The predicted molar refractivity (Wildman–Crippen MR) is 135 cm³/mol. The van der Waals surface area contributed by atoms with Crippen molar-refractivity contribution < 1.29 is 9.53 Å². The Hall–Kier alpha value is -2.77. The van der Waals surface area contributed by atoms with E-state index in [0.717, 1.165) is 11.3 Å². The molecule has 1 unspecified atom stereocenters. The smallest absolute Gasteiger partial charge is 0.234 e. The number of anilines is 1. The first-order chi connectivity index (χ1) is 15.8. The van der Waals surface area contributed by atoms with Crippen LogP contribution in [0.2, 0.25) is 5.02 Å². The van der Waals surface area contributed by atoms with Crippen molar-refractivity contribution in [2.75, 3.05) is 11.1 Å². The zero-order chi connectivity index (χ0) is 24.0. The van der Waals surface area contributed by atoms with Crippen molar-refractivity contribution in [1.82, 2.24) is 14.8 Å². The number of ether oxygens (including phenoxy) is 1. The zero-order valence-electron chi connectivity index (χ0n) is 19.3. The number of allylic oxidation sites excluding steroid dienone is 1. The molecule has 1 amide bonds. The van der Waals surface area contributed by atoms with Gasteiger partial charge in [0.25, 0.3) is 0 Å². The number of carbonyl (C=O) groups excluding carboxylic acids is 1. The van der Waals surface area contributed by atoms with E-state index in [2.05, 4.69) is 35.9 Å². The van der Waals surface area contributed by atoms with E-state index >= 15 is 0 Å². The topological polar surface area (TPSA) is 69.0 Å². The number of thioether (sulfide) groups is 1. The van der Waals surface area contributed by atoms with E-state index in [4.69, 9.17) is 16.3 Å². The second-order valence-corrected chi connectivity index (χ2v) is 9.40. The molecular formula is C25H29ClN4O2S. The maximum atomic E-state index is 12.5. The van der Waals surface area contributed by atoms with Crippen LogP contribution in [0.5, 0.6) is 5.75 Å². The van der Waals surface area contributed by atoms with Crippen LogP contribution < -0.4 is 10.1 Å². The SMILES string of the molecule is C=CCn1c(SCC(=O)Nc2ccc(C(C)C)cc2)nnc1C(C)Oc1cc(C)ccc1Cl. The molecule has 174 valence electrons. The largest absolute Gasteiger partial charge is 0.481 e. The van der Waals surface area contributed by atoms with E-state index in [0.29, 0.717) is 34.2 Å². The number of carbonyl (C=O) groups is 1. The monoisotopic (exact) mass is 484 g/mol. The van der Waals surface area contributed by atoms with E-state index in [1.165, 1.54) is 17.3 Å². The summed E-state index contributed by atoms with van der Waals surface area (Å²) < 4.78 is 7.96. The number of hydrogen-bond donors (Lipinski definition) is 1. The number of hydrogen-bond acceptors (Lipinski definition) is 5. The Morgan fingerprint density at radius 3 is 2.61 bits per heavy atom. The third-order valence-electron chi connectivity index (χ3n) is 5.00. The lowest BCUT2D eigenvalue weighted by Gasteiger charge is -2.17. The van der Waals surface area contributed by atoms with Crippen LogP contribution in [0.15, 0.2) is 60.3 Å². The summed E-state index contributed by atoms with van der Waals surface area (Å²) in [6.07, 6.45) is 1.37. The number of aromatic nitrogens is 3. The van der Waals surface area contributed by atoms with Crippen molar-refractivity contribution in [3.8, 4) is 5.75 Å². The molecule has 2 aromatic carbocycles. The van der Waals surface area contributed by atoms with Gasteiger partial charge in [-0.3, -0.25) is 9.36 Å². The van der Waals surface area contributed by atoms with Crippen molar-refractivity contribution in [2.45, 2.75) is 51.4 Å². The van der Waals surface area contributed by atoms with Crippen LogP contribution in [-0.4, -0.2) is 26.4 Å². The number of benzene rings is 2. The molecule has 0 fully saturated rings. The minimum atomic E-state index is -0.389. The van der Waals surface area contributed by atoms with Crippen LogP contribution in [0, 0.1) is 6.92 Å². The molecule has 1 heterocycles. The average molecular weight is 485 g/mol. The van der Waals surface area contributed by atoms with Gasteiger partial charge in [0, 0.05) is 12.2 Å². The highest BCUT2D eigenvalue weighted by atomic mass is 35.5. The number of nitrogens with zero attached hydrogens (tertiary/aromatic N) is 3. The number of rotatable bonds is 10. The molecule has 0 aliphatic heterocycles. The van der Waals surface area contributed by atoms with Crippen molar-refractivity contribution in [3.05, 3.63) is 77.1 Å². The van der Waals surface area contributed by atoms with Gasteiger partial charge >= 0.3 is 0 Å². The minimum absolute atomic E-state index is 0.108. The normalized spacial score (nSPS) is 11.9. The molecule has 0 radical (unpaired) electrons. The lowest BCUT2D eigenvalue weighted by Crippen LogP contribution is -2.15. The minimum Gasteiger partial charge on any atom is -0.481 e. The van der Waals surface area contributed by atoms with Crippen LogP contribution in [0.25, 0.3) is 0 Å². The molecule has 0 bridgehead atoms. The second kappa shape index (κ2) is 11.4. The first kappa shape index (κ1) is 24.9. The lowest BCUT2D eigenvalue weighted by atomic mass is 10.0. The second-order valence-electron chi connectivity index (χ2n) is 8.05. The number of amides is 1. The summed E-state index contributed by atoms with van der Waals surface area (Å²) in [6.45, 7) is 12.5. The molecule has 1 aromatic heterocycles. The summed E-state index contributed by atoms with van der Waals surface area (Å²) >= 11 is 7.60. The standard InChI is InChI=1S/C25H29ClN4O2S/c1-6-13-30-24(18(5)32-22-14-17(4)7-12-21(22)26)28-29-25(30)33-15-23(31)27-20-10-8-19(9-11-20)16(2)3/h6-12,14,16,18H,1,13,15H2,2-5H3,(H,27,31). The Labute approximate surface area is 204 Å². The van der Waals surface area contributed by atoms with E-state index in [9.17, 15) is 4.79 Å². The molecule has 33 heavy (non-hydrogen) atoms. The summed E-state index contributed by atoms with van der Waals surface area (Å²) in [5.74, 6) is 1.78. The van der Waals surface area contributed by atoms with Crippen molar-refractivity contribution in [1.29, 1.82) is 0 Å². The zero-order valence-corrected chi connectivity index (χ0v) is 20.9. The molecule has 6 nitrogen and oxygen atoms in total. The molecule has 0 saturated carbocycles. The Bertz CT molecular complexity index is 1110. The number of aryl methyl sites for hydroxylation is 1. The molecule has 8 heteroatoms. The maximum absolute atomic E-state index is 12.5. The summed E-state index contributed by atoms with van der Waals surface area (Å²) in [6, 6.07) is 13.5. The average Bonchev–Trinajstić information content (AvgIpc) is 3.18. The Balaban J connectivity index is 1.66. The first-order valence-electron chi connectivity index (χ1n) is 10.8. The van der Waals surface area contributed by atoms with Crippen molar-refractivity contribution in [3.63, 3.8) is 0 Å². The highest BCUT2D eigenvalue weighted by Gasteiger charge is 2.20. The summed E-state index contributed by atoms with van der Waals surface area (Å²) in [5.41, 5.74) is 3.06. The lowest BCUT2D eigenvalue weighted by molar-refractivity contribution is -0.113. The fourth-order valence-corrected chi connectivity index (χ4v) is 4.15. The Kier molecular flexibility index (Phi) is 8.58. The van der Waals surface area contributed by atoms with Crippen molar-refractivity contribution in [2.24, 2.45) is 0 Å². The number of nitrogens with one attached hydrogen (secondary N) is 1. The highest BCUT2D eigenvalue weighted by Crippen LogP contribution is 2.30.